The lowest BCUT2D eigenvalue weighted by molar-refractivity contribution is -0.141. The maximum Gasteiger partial charge on any atom is 0.432 e. The maximum atomic E-state index is 12.8. The molecule has 2 rings (SSSR count). The zero-order valence-corrected chi connectivity index (χ0v) is 11.5. The van der Waals surface area contributed by atoms with Crippen molar-refractivity contribution < 1.29 is 36.2 Å². The number of carboxylic acids is 1. The predicted octanol–water partition coefficient (Wildman–Crippen LogP) is 3.69. The summed E-state index contributed by atoms with van der Waals surface area (Å²) in [5, 5.41) is 8.17. The molecule has 0 unspecified atom stereocenters. The molecule has 126 valence electrons. The number of pyridine rings is 1. The minimum absolute atomic E-state index is 0. The van der Waals surface area contributed by atoms with Gasteiger partial charge in [-0.25, -0.2) is 4.79 Å². The SMILES string of the molecule is Cl.O=C(O)c1c(C(F)(F)F)[nH]c2cc(C(F)(F)F)ccc2c1=O. The molecule has 0 bridgehead atoms. The smallest absolute Gasteiger partial charge is 0.432 e. The zero-order chi connectivity index (χ0) is 16.9. The number of aromatic amines is 1. The molecule has 1 aromatic heterocycles. The number of aromatic carboxylic acids is 1. The van der Waals surface area contributed by atoms with E-state index in [4.69, 9.17) is 5.11 Å². The lowest BCUT2D eigenvalue weighted by Crippen LogP contribution is -2.25. The van der Waals surface area contributed by atoms with Crippen LogP contribution in [0.5, 0.6) is 0 Å². The Labute approximate surface area is 129 Å². The van der Waals surface area contributed by atoms with Crippen LogP contribution < -0.4 is 5.43 Å². The summed E-state index contributed by atoms with van der Waals surface area (Å²) < 4.78 is 76.0. The average molecular weight is 362 g/mol. The third-order valence-electron chi connectivity index (χ3n) is 2.83. The fourth-order valence-electron chi connectivity index (χ4n) is 1.88. The van der Waals surface area contributed by atoms with E-state index in [0.717, 1.165) is 0 Å². The second-order valence-corrected chi connectivity index (χ2v) is 4.27. The van der Waals surface area contributed by atoms with E-state index in [1.807, 2.05) is 0 Å². The van der Waals surface area contributed by atoms with Gasteiger partial charge in [-0.15, -0.1) is 12.4 Å². The van der Waals surface area contributed by atoms with E-state index in [2.05, 4.69) is 0 Å². The van der Waals surface area contributed by atoms with Crippen molar-refractivity contribution in [2.75, 3.05) is 0 Å². The van der Waals surface area contributed by atoms with E-state index >= 15 is 0 Å². The van der Waals surface area contributed by atoms with E-state index in [-0.39, 0.29) is 12.4 Å². The number of carboxylic acid groups (broad SMARTS) is 1. The summed E-state index contributed by atoms with van der Waals surface area (Å²) in [6, 6.07) is 1.43. The molecule has 1 heterocycles. The van der Waals surface area contributed by atoms with Crippen LogP contribution in [0.4, 0.5) is 26.3 Å². The van der Waals surface area contributed by atoms with Crippen molar-refractivity contribution in [3.8, 4) is 0 Å². The van der Waals surface area contributed by atoms with Crippen LogP contribution in [-0.2, 0) is 12.4 Å². The van der Waals surface area contributed by atoms with E-state index < -0.39 is 51.5 Å². The van der Waals surface area contributed by atoms with Crippen LogP contribution in [0, 0.1) is 0 Å². The first-order valence-electron chi connectivity index (χ1n) is 5.50. The molecule has 0 radical (unpaired) electrons. The molecule has 0 spiro atoms. The number of H-pyrrole nitrogens is 1. The Morgan fingerprint density at radius 1 is 1.04 bits per heavy atom. The number of fused-ring (bicyclic) bond motifs is 1. The first kappa shape index (κ1) is 18.8. The average Bonchev–Trinajstić information content (AvgIpc) is 2.35. The van der Waals surface area contributed by atoms with Crippen molar-refractivity contribution in [2.45, 2.75) is 12.4 Å². The van der Waals surface area contributed by atoms with E-state index in [9.17, 15) is 35.9 Å². The Hall–Kier alpha value is -2.23. The highest BCUT2D eigenvalue weighted by Crippen LogP contribution is 2.33. The van der Waals surface area contributed by atoms with Gasteiger partial charge in [0.15, 0.2) is 0 Å². The number of hydrogen-bond acceptors (Lipinski definition) is 2. The molecule has 0 saturated heterocycles. The highest BCUT2D eigenvalue weighted by molar-refractivity contribution is 5.94. The molecule has 4 nitrogen and oxygen atoms in total. The second kappa shape index (κ2) is 5.76. The van der Waals surface area contributed by atoms with Crippen molar-refractivity contribution >= 4 is 29.3 Å². The minimum atomic E-state index is -5.24. The molecular formula is C12H6ClF6NO3. The number of benzene rings is 1. The Kier molecular flexibility index (Phi) is 4.71. The summed E-state index contributed by atoms with van der Waals surface area (Å²) in [5.74, 6) is -2.13. The minimum Gasteiger partial charge on any atom is -0.477 e. The summed E-state index contributed by atoms with van der Waals surface area (Å²) in [5.41, 5.74) is -7.01. The van der Waals surface area contributed by atoms with Crippen LogP contribution in [0.2, 0.25) is 0 Å². The Morgan fingerprint density at radius 3 is 2.04 bits per heavy atom. The molecular weight excluding hydrogens is 356 g/mol. The lowest BCUT2D eigenvalue weighted by atomic mass is 10.1. The van der Waals surface area contributed by atoms with Gasteiger partial charge in [0.2, 0.25) is 5.43 Å². The zero-order valence-electron chi connectivity index (χ0n) is 10.7. The van der Waals surface area contributed by atoms with E-state index in [1.165, 1.54) is 0 Å². The molecule has 0 aliphatic heterocycles. The van der Waals surface area contributed by atoms with Gasteiger partial charge in [-0.3, -0.25) is 4.79 Å². The summed E-state index contributed by atoms with van der Waals surface area (Å²) >= 11 is 0. The maximum absolute atomic E-state index is 12.8. The van der Waals surface area contributed by atoms with Gasteiger partial charge >= 0.3 is 18.3 Å². The van der Waals surface area contributed by atoms with Crippen molar-refractivity contribution in [3.05, 3.63) is 45.2 Å². The van der Waals surface area contributed by atoms with Crippen molar-refractivity contribution in [1.82, 2.24) is 4.98 Å². The lowest BCUT2D eigenvalue weighted by Gasteiger charge is -2.13. The van der Waals surface area contributed by atoms with E-state index in [1.54, 1.807) is 4.98 Å². The molecule has 0 aliphatic carbocycles. The number of carbonyl (C=O) groups is 1. The fraction of sp³-hybridized carbons (Fsp3) is 0.167. The van der Waals surface area contributed by atoms with Crippen LogP contribution in [-0.4, -0.2) is 16.1 Å². The topological polar surface area (TPSA) is 70.2 Å². The number of nitrogens with one attached hydrogen (secondary N) is 1. The van der Waals surface area contributed by atoms with Crippen LogP contribution in [0.15, 0.2) is 23.0 Å². The van der Waals surface area contributed by atoms with Gasteiger partial charge in [0.05, 0.1) is 11.1 Å². The third kappa shape index (κ3) is 3.41. The number of alkyl halides is 6. The molecule has 2 N–H and O–H groups in total. The summed E-state index contributed by atoms with van der Waals surface area (Å²) in [6.07, 6.45) is -10.1. The standard InChI is InChI=1S/C12H5F6NO3.ClH/c13-11(14,15)4-1-2-5-6(3-4)19-9(12(16,17)18)7(8(5)20)10(21)22;/h1-3H,(H,19,20)(H,21,22);1H. The van der Waals surface area contributed by atoms with Gasteiger partial charge in [0, 0.05) is 5.39 Å². The number of rotatable bonds is 1. The second-order valence-electron chi connectivity index (χ2n) is 4.27. The van der Waals surface area contributed by atoms with Crippen LogP contribution >= 0.6 is 12.4 Å². The number of aromatic nitrogens is 1. The quantitative estimate of drug-likeness (QED) is 0.761. The normalized spacial score (nSPS) is 12.1. The van der Waals surface area contributed by atoms with Gasteiger partial charge in [-0.05, 0) is 18.2 Å². The van der Waals surface area contributed by atoms with Gasteiger partial charge in [-0.2, -0.15) is 26.3 Å². The van der Waals surface area contributed by atoms with Crippen molar-refractivity contribution in [3.63, 3.8) is 0 Å². The summed E-state index contributed by atoms with van der Waals surface area (Å²) in [4.78, 5) is 24.2. The highest BCUT2D eigenvalue weighted by Gasteiger charge is 2.39. The number of halogens is 7. The summed E-state index contributed by atoms with van der Waals surface area (Å²) in [6.45, 7) is 0. The molecule has 0 fully saturated rings. The predicted molar refractivity (Wildman–Crippen MR) is 68.8 cm³/mol. The third-order valence-corrected chi connectivity index (χ3v) is 2.83. The van der Waals surface area contributed by atoms with Gasteiger partial charge < -0.3 is 10.1 Å². The number of hydrogen-bond donors (Lipinski definition) is 2. The Bertz CT molecular complexity index is 824. The monoisotopic (exact) mass is 361 g/mol. The molecule has 0 aliphatic rings. The molecule has 0 atom stereocenters. The molecule has 11 heteroatoms. The Morgan fingerprint density at radius 2 is 1.61 bits per heavy atom. The first-order chi connectivity index (χ1) is 9.93. The van der Waals surface area contributed by atoms with Crippen LogP contribution in [0.1, 0.15) is 21.6 Å². The van der Waals surface area contributed by atoms with Gasteiger partial charge in [0.25, 0.3) is 0 Å². The van der Waals surface area contributed by atoms with Crippen molar-refractivity contribution in [1.29, 1.82) is 0 Å². The molecule has 0 saturated carbocycles. The van der Waals surface area contributed by atoms with Gasteiger partial charge in [0.1, 0.15) is 11.3 Å². The Balaban J connectivity index is 0.00000264. The molecule has 23 heavy (non-hydrogen) atoms. The highest BCUT2D eigenvalue weighted by atomic mass is 35.5. The fourth-order valence-corrected chi connectivity index (χ4v) is 1.88. The van der Waals surface area contributed by atoms with Crippen molar-refractivity contribution in [2.24, 2.45) is 0 Å². The van der Waals surface area contributed by atoms with Gasteiger partial charge in [-0.1, -0.05) is 0 Å². The van der Waals surface area contributed by atoms with Crippen LogP contribution in [0.25, 0.3) is 10.9 Å². The largest absolute Gasteiger partial charge is 0.477 e. The molecule has 0 amide bonds. The van der Waals surface area contributed by atoms with Crippen LogP contribution in [0.3, 0.4) is 0 Å². The molecule has 1 aromatic carbocycles. The van der Waals surface area contributed by atoms with E-state index in [0.29, 0.717) is 18.2 Å². The molecule has 2 aromatic rings. The summed E-state index contributed by atoms with van der Waals surface area (Å²) in [7, 11) is 0. The first-order valence-corrected chi connectivity index (χ1v) is 5.50.